The summed E-state index contributed by atoms with van der Waals surface area (Å²) in [6.45, 7) is 5.25. The Kier molecular flexibility index (Phi) is 7.49. The highest BCUT2D eigenvalue weighted by atomic mass is 16.5. The Bertz CT molecular complexity index is 1240. The van der Waals surface area contributed by atoms with Crippen molar-refractivity contribution in [1.29, 1.82) is 0 Å². The normalized spacial score (nSPS) is 17.2. The molecular formula is C31H36N2O4. The van der Waals surface area contributed by atoms with E-state index in [4.69, 9.17) is 19.9 Å². The Balaban J connectivity index is 1.42. The average Bonchev–Trinajstić information content (AvgIpc) is 2.91. The van der Waals surface area contributed by atoms with E-state index in [1.54, 1.807) is 0 Å². The van der Waals surface area contributed by atoms with E-state index in [0.29, 0.717) is 12.4 Å². The van der Waals surface area contributed by atoms with Crippen LogP contribution in [0, 0.1) is 0 Å². The molecule has 194 valence electrons. The number of piperidine rings is 1. The monoisotopic (exact) mass is 500 g/mol. The van der Waals surface area contributed by atoms with Gasteiger partial charge in [-0.3, -0.25) is 4.79 Å². The highest BCUT2D eigenvalue weighted by Gasteiger charge is 2.41. The van der Waals surface area contributed by atoms with E-state index >= 15 is 0 Å². The molecule has 0 radical (unpaired) electrons. The van der Waals surface area contributed by atoms with Gasteiger partial charge in [0.15, 0.2) is 0 Å². The van der Waals surface area contributed by atoms with E-state index < -0.39 is 0 Å². The van der Waals surface area contributed by atoms with Gasteiger partial charge in [-0.05, 0) is 78.8 Å². The third-order valence-electron chi connectivity index (χ3n) is 7.66. The fourth-order valence-corrected chi connectivity index (χ4v) is 5.24. The number of hydrogen-bond donors (Lipinski definition) is 1. The smallest absolute Gasteiger partial charge is 0.310 e. The number of carbonyl (C=O) groups excluding carboxylic acids is 1. The molecule has 2 aliphatic heterocycles. The number of nitrogens with zero attached hydrogens (tertiary/aromatic N) is 1. The van der Waals surface area contributed by atoms with Crippen molar-refractivity contribution in [3.05, 3.63) is 83.4 Å². The first-order valence-corrected chi connectivity index (χ1v) is 13.1. The fraction of sp³-hybridized carbons (Fsp3) is 0.387. The number of esters is 1. The van der Waals surface area contributed by atoms with Gasteiger partial charge in [0.05, 0.1) is 25.7 Å². The third-order valence-corrected chi connectivity index (χ3v) is 7.66. The van der Waals surface area contributed by atoms with Crippen molar-refractivity contribution >= 4 is 11.7 Å². The number of methoxy groups -OCH3 is 1. The number of benzene rings is 3. The van der Waals surface area contributed by atoms with Crippen LogP contribution in [0.2, 0.25) is 0 Å². The van der Waals surface area contributed by atoms with Crippen LogP contribution in [0.4, 0.5) is 5.69 Å². The molecule has 0 aromatic heterocycles. The summed E-state index contributed by atoms with van der Waals surface area (Å²) >= 11 is 0. The van der Waals surface area contributed by atoms with Crippen molar-refractivity contribution in [3.8, 4) is 16.9 Å². The number of anilines is 1. The van der Waals surface area contributed by atoms with E-state index in [2.05, 4.69) is 47.4 Å². The van der Waals surface area contributed by atoms with Gasteiger partial charge in [0.2, 0.25) is 0 Å². The molecule has 0 saturated carbocycles. The lowest BCUT2D eigenvalue weighted by atomic mass is 9.84. The molecular weight excluding hydrogens is 464 g/mol. The average molecular weight is 501 g/mol. The fourth-order valence-electron chi connectivity index (χ4n) is 5.24. The molecule has 3 aromatic carbocycles. The molecule has 0 aliphatic carbocycles. The molecule has 2 heterocycles. The summed E-state index contributed by atoms with van der Waals surface area (Å²) in [5.41, 5.74) is 12.8. The number of nitrogens with two attached hydrogens (primary N) is 1. The number of para-hydroxylation sites is 1. The van der Waals surface area contributed by atoms with Crippen LogP contribution in [0.1, 0.15) is 48.9 Å². The van der Waals surface area contributed by atoms with Gasteiger partial charge in [-0.15, -0.1) is 0 Å². The minimum Gasteiger partial charge on any atom is -0.489 e. The van der Waals surface area contributed by atoms with Gasteiger partial charge < -0.3 is 24.8 Å². The van der Waals surface area contributed by atoms with Crippen molar-refractivity contribution in [2.75, 3.05) is 31.7 Å². The van der Waals surface area contributed by atoms with E-state index in [0.717, 1.165) is 60.4 Å². The van der Waals surface area contributed by atoms with Crippen LogP contribution in [-0.2, 0) is 27.3 Å². The molecule has 1 atom stereocenters. The molecule has 1 unspecified atom stereocenters. The van der Waals surface area contributed by atoms with Gasteiger partial charge >= 0.3 is 5.97 Å². The Labute approximate surface area is 219 Å². The van der Waals surface area contributed by atoms with Crippen molar-refractivity contribution in [3.63, 3.8) is 0 Å². The first kappa shape index (κ1) is 25.3. The molecule has 2 fully saturated rings. The van der Waals surface area contributed by atoms with E-state index in [1.165, 1.54) is 19.2 Å². The third kappa shape index (κ3) is 5.81. The van der Waals surface area contributed by atoms with Crippen LogP contribution >= 0.6 is 0 Å². The molecule has 6 nitrogen and oxygen atoms in total. The highest BCUT2D eigenvalue weighted by Crippen LogP contribution is 2.39. The van der Waals surface area contributed by atoms with Crippen LogP contribution in [0.5, 0.6) is 5.75 Å². The second-order valence-corrected chi connectivity index (χ2v) is 10.2. The largest absolute Gasteiger partial charge is 0.489 e. The van der Waals surface area contributed by atoms with Gasteiger partial charge in [-0.1, -0.05) is 36.4 Å². The molecule has 3 aromatic rings. The predicted octanol–water partition coefficient (Wildman–Crippen LogP) is 5.43. The molecule has 2 saturated heterocycles. The Morgan fingerprint density at radius 3 is 2.51 bits per heavy atom. The van der Waals surface area contributed by atoms with Gasteiger partial charge in [0.1, 0.15) is 12.4 Å². The summed E-state index contributed by atoms with van der Waals surface area (Å²) in [4.78, 5) is 14.3. The molecule has 37 heavy (non-hydrogen) atoms. The van der Waals surface area contributed by atoms with Crippen LogP contribution in [0.3, 0.4) is 0 Å². The number of carbonyl (C=O) groups is 1. The van der Waals surface area contributed by atoms with Crippen LogP contribution in [0.25, 0.3) is 11.1 Å². The maximum Gasteiger partial charge on any atom is 0.310 e. The van der Waals surface area contributed by atoms with Crippen molar-refractivity contribution in [2.24, 2.45) is 5.73 Å². The molecule has 5 rings (SSSR count). The van der Waals surface area contributed by atoms with Crippen molar-refractivity contribution < 1.29 is 19.0 Å². The van der Waals surface area contributed by atoms with Crippen LogP contribution in [-0.4, -0.2) is 38.4 Å². The summed E-state index contributed by atoms with van der Waals surface area (Å²) in [5.74, 6) is 0.411. The summed E-state index contributed by atoms with van der Waals surface area (Å²) in [5, 5.41) is 0. The van der Waals surface area contributed by atoms with E-state index in [9.17, 15) is 4.79 Å². The lowest BCUT2D eigenvalue weighted by Gasteiger charge is -2.48. The Morgan fingerprint density at radius 2 is 1.81 bits per heavy atom. The molecule has 1 spiro atoms. The van der Waals surface area contributed by atoms with Crippen LogP contribution < -0.4 is 15.4 Å². The number of rotatable bonds is 8. The maximum absolute atomic E-state index is 11.9. The molecule has 2 aliphatic rings. The second kappa shape index (κ2) is 11.0. The predicted molar refractivity (Wildman–Crippen MR) is 146 cm³/mol. The summed E-state index contributed by atoms with van der Waals surface area (Å²) in [7, 11) is 1.40. The summed E-state index contributed by atoms with van der Waals surface area (Å²) in [6, 6.07) is 22.7. The quantitative estimate of drug-likeness (QED) is 0.416. The van der Waals surface area contributed by atoms with Crippen molar-refractivity contribution in [2.45, 2.75) is 50.9 Å². The Hall–Kier alpha value is -3.35. The van der Waals surface area contributed by atoms with Gasteiger partial charge in [-0.25, -0.2) is 0 Å². The zero-order valence-electron chi connectivity index (χ0n) is 21.7. The lowest BCUT2D eigenvalue weighted by molar-refractivity contribution is -0.158. The standard InChI is InChI=1S/C31H36N2O4/c1-22(32)24-7-5-8-25(18-24)27-16-23(21-36-29-9-4-3-6-26(29)20-30(34)35-2)17-28(19-27)33-13-10-31(11-14-33)12-15-37-31/h3-9,16-19,22H,10-15,20-21,32H2,1-2H3. The topological polar surface area (TPSA) is 74.0 Å². The number of hydrogen-bond acceptors (Lipinski definition) is 6. The zero-order chi connectivity index (χ0) is 25.8. The number of ether oxygens (including phenoxy) is 3. The summed E-state index contributed by atoms with van der Waals surface area (Å²) in [6.07, 6.45) is 3.48. The first-order chi connectivity index (χ1) is 17.9. The van der Waals surface area contributed by atoms with E-state index in [1.807, 2.05) is 31.2 Å². The summed E-state index contributed by atoms with van der Waals surface area (Å²) < 4.78 is 17.1. The minimum atomic E-state index is -0.285. The van der Waals surface area contributed by atoms with Gasteiger partial charge in [0, 0.05) is 30.4 Å². The minimum absolute atomic E-state index is 0.0296. The second-order valence-electron chi connectivity index (χ2n) is 10.2. The molecule has 6 heteroatoms. The Morgan fingerprint density at radius 1 is 1.03 bits per heavy atom. The molecule has 0 bridgehead atoms. The maximum atomic E-state index is 11.9. The SMILES string of the molecule is COC(=O)Cc1ccccc1OCc1cc(-c2cccc(C(C)N)c2)cc(N2CCC3(CCO3)CC2)c1. The van der Waals surface area contributed by atoms with Crippen LogP contribution in [0.15, 0.2) is 66.7 Å². The van der Waals surface area contributed by atoms with Gasteiger partial charge in [0.25, 0.3) is 0 Å². The zero-order valence-corrected chi connectivity index (χ0v) is 21.7. The van der Waals surface area contributed by atoms with E-state index in [-0.39, 0.29) is 24.0 Å². The first-order valence-electron chi connectivity index (χ1n) is 13.1. The molecule has 0 amide bonds. The van der Waals surface area contributed by atoms with Crippen molar-refractivity contribution in [1.82, 2.24) is 0 Å². The molecule has 2 N–H and O–H groups in total. The lowest BCUT2D eigenvalue weighted by Crippen LogP contribution is -2.52. The van der Waals surface area contributed by atoms with Gasteiger partial charge in [-0.2, -0.15) is 0 Å². The highest BCUT2D eigenvalue weighted by molar-refractivity contribution is 5.73.